The molecule has 0 aliphatic heterocycles. The molecule has 1 aromatic carbocycles. The van der Waals surface area contributed by atoms with Crippen molar-refractivity contribution in [1.29, 1.82) is 0 Å². The molecule has 2 aromatic heterocycles. The topological polar surface area (TPSA) is 67.7 Å². The van der Waals surface area contributed by atoms with Gasteiger partial charge in [-0.1, -0.05) is 24.6 Å². The standard InChI is InChI=1S/C21H27ClN6/c1-13(2)24-20-23-12-18-19(27-20)28(17-9-7-14(3)8-10-17)21(26-18)25-16-6-4-5-15(22)11-16/h4-6,11-14,17H,7-10H2,1-3H3,(H,25,26)(H,23,24,27)/t14-,17+. The summed E-state index contributed by atoms with van der Waals surface area (Å²) in [6.45, 7) is 6.50. The second-order valence-electron chi connectivity index (χ2n) is 8.06. The average Bonchev–Trinajstić information content (AvgIpc) is 2.99. The number of nitrogens with zero attached hydrogens (tertiary/aromatic N) is 4. The molecule has 1 aliphatic carbocycles. The van der Waals surface area contributed by atoms with Crippen LogP contribution in [0.4, 0.5) is 17.6 Å². The van der Waals surface area contributed by atoms with Crippen LogP contribution in [0.5, 0.6) is 0 Å². The minimum atomic E-state index is 0.272. The van der Waals surface area contributed by atoms with Crippen molar-refractivity contribution in [3.05, 3.63) is 35.5 Å². The monoisotopic (exact) mass is 398 g/mol. The van der Waals surface area contributed by atoms with E-state index in [1.54, 1.807) is 6.20 Å². The van der Waals surface area contributed by atoms with E-state index >= 15 is 0 Å². The summed E-state index contributed by atoms with van der Waals surface area (Å²) in [5, 5.41) is 7.45. The lowest BCUT2D eigenvalue weighted by molar-refractivity contribution is 0.295. The van der Waals surface area contributed by atoms with Crippen LogP contribution in [0.3, 0.4) is 0 Å². The third-order valence-electron chi connectivity index (χ3n) is 5.28. The van der Waals surface area contributed by atoms with Crippen molar-refractivity contribution in [3.8, 4) is 0 Å². The molecule has 0 saturated heterocycles. The number of aromatic nitrogens is 4. The fourth-order valence-corrected chi connectivity index (χ4v) is 4.04. The van der Waals surface area contributed by atoms with Crippen molar-refractivity contribution >= 4 is 40.3 Å². The van der Waals surface area contributed by atoms with Crippen molar-refractivity contribution in [2.45, 2.75) is 58.5 Å². The van der Waals surface area contributed by atoms with E-state index in [9.17, 15) is 0 Å². The Hall–Kier alpha value is -2.34. The van der Waals surface area contributed by atoms with Gasteiger partial charge < -0.3 is 10.6 Å². The lowest BCUT2D eigenvalue weighted by atomic mass is 9.87. The molecule has 0 bridgehead atoms. The van der Waals surface area contributed by atoms with Gasteiger partial charge in [0.05, 0.1) is 6.20 Å². The smallest absolute Gasteiger partial charge is 0.224 e. The minimum Gasteiger partial charge on any atom is -0.352 e. The molecule has 1 aliphatic rings. The predicted molar refractivity (Wildman–Crippen MR) is 115 cm³/mol. The Labute approximate surface area is 170 Å². The average molecular weight is 399 g/mol. The molecule has 0 radical (unpaired) electrons. The van der Waals surface area contributed by atoms with Crippen molar-refractivity contribution in [2.75, 3.05) is 10.6 Å². The van der Waals surface area contributed by atoms with Gasteiger partial charge >= 0.3 is 0 Å². The molecule has 6 nitrogen and oxygen atoms in total. The number of hydrogen-bond acceptors (Lipinski definition) is 5. The summed E-state index contributed by atoms with van der Waals surface area (Å²) in [4.78, 5) is 14.0. The molecule has 2 heterocycles. The molecule has 3 aromatic rings. The van der Waals surface area contributed by atoms with Gasteiger partial charge in [0.25, 0.3) is 0 Å². The highest BCUT2D eigenvalue weighted by Crippen LogP contribution is 2.36. The second-order valence-corrected chi connectivity index (χ2v) is 8.49. The first-order valence-electron chi connectivity index (χ1n) is 10.0. The number of fused-ring (bicyclic) bond motifs is 1. The van der Waals surface area contributed by atoms with Gasteiger partial charge in [0, 0.05) is 22.8 Å². The molecular formula is C21H27ClN6. The zero-order valence-corrected chi connectivity index (χ0v) is 17.4. The third kappa shape index (κ3) is 4.07. The molecule has 7 heteroatoms. The lowest BCUT2D eigenvalue weighted by Gasteiger charge is -2.28. The predicted octanol–water partition coefficient (Wildman–Crippen LogP) is 5.79. The van der Waals surface area contributed by atoms with Crippen molar-refractivity contribution in [1.82, 2.24) is 19.5 Å². The number of rotatable bonds is 5. The van der Waals surface area contributed by atoms with Gasteiger partial charge in [-0.3, -0.25) is 4.57 Å². The van der Waals surface area contributed by atoms with Gasteiger partial charge in [0.2, 0.25) is 11.9 Å². The first-order chi connectivity index (χ1) is 13.5. The van der Waals surface area contributed by atoms with E-state index in [2.05, 4.69) is 41.0 Å². The van der Waals surface area contributed by atoms with Gasteiger partial charge in [-0.25, -0.2) is 9.97 Å². The van der Waals surface area contributed by atoms with Crippen LogP contribution in [0.1, 0.15) is 52.5 Å². The Morgan fingerprint density at radius 3 is 2.64 bits per heavy atom. The highest BCUT2D eigenvalue weighted by molar-refractivity contribution is 6.30. The Morgan fingerprint density at radius 2 is 1.93 bits per heavy atom. The van der Waals surface area contributed by atoms with Gasteiger partial charge in [-0.2, -0.15) is 4.98 Å². The maximum atomic E-state index is 6.17. The third-order valence-corrected chi connectivity index (χ3v) is 5.52. The van der Waals surface area contributed by atoms with E-state index in [1.165, 1.54) is 12.8 Å². The van der Waals surface area contributed by atoms with Crippen LogP contribution in [0.15, 0.2) is 30.5 Å². The number of anilines is 3. The molecule has 0 amide bonds. The van der Waals surface area contributed by atoms with Crippen LogP contribution < -0.4 is 10.6 Å². The molecule has 0 atom stereocenters. The summed E-state index contributed by atoms with van der Waals surface area (Å²) in [5.41, 5.74) is 2.60. The Balaban J connectivity index is 1.77. The number of imidazole rings is 1. The first kappa shape index (κ1) is 19.0. The lowest BCUT2D eigenvalue weighted by Crippen LogP contribution is -2.19. The number of nitrogens with one attached hydrogen (secondary N) is 2. The second kappa shape index (κ2) is 7.95. The summed E-state index contributed by atoms with van der Waals surface area (Å²) >= 11 is 6.17. The summed E-state index contributed by atoms with van der Waals surface area (Å²) in [5.74, 6) is 2.22. The molecule has 0 spiro atoms. The fourth-order valence-electron chi connectivity index (χ4n) is 3.85. The van der Waals surface area contributed by atoms with Crippen molar-refractivity contribution < 1.29 is 0 Å². The molecule has 2 N–H and O–H groups in total. The van der Waals surface area contributed by atoms with Gasteiger partial charge in [-0.05, 0) is 63.6 Å². The largest absolute Gasteiger partial charge is 0.352 e. The van der Waals surface area contributed by atoms with Crippen LogP contribution in [0.2, 0.25) is 5.02 Å². The van der Waals surface area contributed by atoms with Crippen LogP contribution in [0.25, 0.3) is 11.2 Å². The van der Waals surface area contributed by atoms with E-state index < -0.39 is 0 Å². The van der Waals surface area contributed by atoms with Gasteiger partial charge in [0.15, 0.2) is 5.65 Å². The SMILES string of the molecule is CC(C)Nc1ncc2nc(Nc3cccc(Cl)c3)n([C@H]3CC[C@@H](C)CC3)c2n1. The number of benzene rings is 1. The van der Waals surface area contributed by atoms with E-state index in [0.717, 1.165) is 41.6 Å². The Kier molecular flexibility index (Phi) is 5.40. The van der Waals surface area contributed by atoms with E-state index in [0.29, 0.717) is 17.0 Å². The molecule has 4 rings (SSSR count). The Morgan fingerprint density at radius 1 is 1.14 bits per heavy atom. The summed E-state index contributed by atoms with van der Waals surface area (Å²) in [6.07, 6.45) is 6.52. The maximum absolute atomic E-state index is 6.17. The molecule has 28 heavy (non-hydrogen) atoms. The zero-order valence-electron chi connectivity index (χ0n) is 16.6. The number of halogens is 1. The Bertz CT molecular complexity index is 959. The van der Waals surface area contributed by atoms with Gasteiger partial charge in [-0.15, -0.1) is 0 Å². The van der Waals surface area contributed by atoms with E-state index in [4.69, 9.17) is 21.6 Å². The van der Waals surface area contributed by atoms with Crippen LogP contribution in [0, 0.1) is 5.92 Å². The van der Waals surface area contributed by atoms with E-state index in [1.807, 2.05) is 24.3 Å². The highest BCUT2D eigenvalue weighted by atomic mass is 35.5. The van der Waals surface area contributed by atoms with E-state index in [-0.39, 0.29) is 6.04 Å². The minimum absolute atomic E-state index is 0.272. The summed E-state index contributed by atoms with van der Waals surface area (Å²) in [6, 6.07) is 8.36. The van der Waals surface area contributed by atoms with Gasteiger partial charge in [0.1, 0.15) is 5.52 Å². The van der Waals surface area contributed by atoms with Crippen LogP contribution >= 0.6 is 11.6 Å². The van der Waals surface area contributed by atoms with Crippen LogP contribution in [-0.2, 0) is 0 Å². The molecule has 148 valence electrons. The maximum Gasteiger partial charge on any atom is 0.224 e. The molecule has 1 saturated carbocycles. The quantitative estimate of drug-likeness (QED) is 0.568. The first-order valence-corrected chi connectivity index (χ1v) is 10.4. The number of hydrogen-bond donors (Lipinski definition) is 2. The van der Waals surface area contributed by atoms with Crippen LogP contribution in [-0.4, -0.2) is 25.6 Å². The molecule has 0 unspecified atom stereocenters. The summed E-state index contributed by atoms with van der Waals surface area (Å²) in [7, 11) is 0. The fraction of sp³-hybridized carbons (Fsp3) is 0.476. The van der Waals surface area contributed by atoms with Crippen molar-refractivity contribution in [3.63, 3.8) is 0 Å². The molecule has 1 fully saturated rings. The zero-order chi connectivity index (χ0) is 19.7. The molecular weight excluding hydrogens is 372 g/mol. The van der Waals surface area contributed by atoms with Crippen molar-refractivity contribution in [2.24, 2.45) is 5.92 Å². The highest BCUT2D eigenvalue weighted by Gasteiger charge is 2.25. The summed E-state index contributed by atoms with van der Waals surface area (Å²) < 4.78 is 2.26. The normalized spacial score (nSPS) is 19.9.